The minimum atomic E-state index is -0.884. The van der Waals surface area contributed by atoms with Crippen LogP contribution in [0, 0.1) is 17.5 Å². The summed E-state index contributed by atoms with van der Waals surface area (Å²) in [4.78, 5) is 25.9. The molecule has 198 valence electrons. The normalized spacial score (nSPS) is 16.6. The molecule has 1 N–H and O–H groups in total. The number of nitrogens with zero attached hydrogens (tertiary/aromatic N) is 3. The van der Waals surface area contributed by atoms with E-state index in [2.05, 4.69) is 21.2 Å². The Hall–Kier alpha value is -3.96. The second kappa shape index (κ2) is 9.97. The van der Waals surface area contributed by atoms with Crippen molar-refractivity contribution in [2.75, 3.05) is 18.5 Å². The Morgan fingerprint density at radius 3 is 2.54 bits per heavy atom. The third kappa shape index (κ3) is 4.72. The molecule has 2 aliphatic rings. The third-order valence-corrected chi connectivity index (χ3v) is 7.34. The van der Waals surface area contributed by atoms with Crippen LogP contribution >= 0.6 is 15.9 Å². The van der Waals surface area contributed by atoms with Crippen LogP contribution in [0.1, 0.15) is 22.9 Å². The number of amides is 2. The smallest absolute Gasteiger partial charge is 0.250 e. The lowest BCUT2D eigenvalue weighted by atomic mass is 10.0. The van der Waals surface area contributed by atoms with E-state index in [9.17, 15) is 18.4 Å². The van der Waals surface area contributed by atoms with Gasteiger partial charge in [0.25, 0.3) is 5.91 Å². The van der Waals surface area contributed by atoms with Crippen LogP contribution in [0.25, 0.3) is 16.9 Å². The van der Waals surface area contributed by atoms with Crippen LogP contribution in [0.15, 0.2) is 65.3 Å². The number of carbonyl (C=O) groups is 2. The highest BCUT2D eigenvalue weighted by molar-refractivity contribution is 9.10. The van der Waals surface area contributed by atoms with Gasteiger partial charge in [-0.3, -0.25) is 9.59 Å². The fourth-order valence-electron chi connectivity index (χ4n) is 4.89. The molecule has 4 aromatic rings. The van der Waals surface area contributed by atoms with E-state index in [0.717, 1.165) is 16.2 Å². The summed E-state index contributed by atoms with van der Waals surface area (Å²) in [6, 6.07) is 14.3. The van der Waals surface area contributed by atoms with E-state index < -0.39 is 29.6 Å². The van der Waals surface area contributed by atoms with Crippen molar-refractivity contribution in [2.45, 2.75) is 19.1 Å². The van der Waals surface area contributed by atoms with E-state index in [1.54, 1.807) is 23.0 Å². The van der Waals surface area contributed by atoms with Crippen molar-refractivity contribution in [1.82, 2.24) is 14.7 Å². The van der Waals surface area contributed by atoms with Gasteiger partial charge in [0.15, 0.2) is 6.23 Å². The van der Waals surface area contributed by atoms with Gasteiger partial charge in [0.2, 0.25) is 5.91 Å². The van der Waals surface area contributed by atoms with Gasteiger partial charge < -0.3 is 15.0 Å². The van der Waals surface area contributed by atoms with E-state index >= 15 is 4.39 Å². The topological polar surface area (TPSA) is 76.5 Å². The van der Waals surface area contributed by atoms with Gasteiger partial charge in [-0.25, -0.2) is 17.9 Å². The molecule has 2 amide bonds. The lowest BCUT2D eigenvalue weighted by molar-refractivity contribution is -0.128. The SMILES string of the molecule is O=C1Cc2c(cc(F)c(CCN3C(=O)COC3c3cn(-c4ccc(Br)cc4)nc3-c3ccc(F)cc3)c2F)N1. The highest BCUT2D eigenvalue weighted by Gasteiger charge is 2.37. The van der Waals surface area contributed by atoms with Crippen molar-refractivity contribution >= 4 is 33.4 Å². The Labute approximate surface area is 229 Å². The van der Waals surface area contributed by atoms with Crippen molar-refractivity contribution in [3.63, 3.8) is 0 Å². The first kappa shape index (κ1) is 25.3. The summed E-state index contributed by atoms with van der Waals surface area (Å²) < 4.78 is 52.0. The number of benzene rings is 3. The van der Waals surface area contributed by atoms with Gasteiger partial charge in [-0.05, 0) is 61.0 Å². The first-order valence-corrected chi connectivity index (χ1v) is 12.9. The van der Waals surface area contributed by atoms with Crippen LogP contribution in [-0.4, -0.2) is 39.6 Å². The average Bonchev–Trinajstić information content (AvgIpc) is 3.61. The molecule has 0 radical (unpaired) electrons. The zero-order chi connectivity index (χ0) is 27.3. The Morgan fingerprint density at radius 1 is 1.05 bits per heavy atom. The zero-order valence-electron chi connectivity index (χ0n) is 20.3. The molecule has 0 saturated carbocycles. The first-order chi connectivity index (χ1) is 18.8. The first-order valence-electron chi connectivity index (χ1n) is 12.1. The molecule has 0 spiro atoms. The molecule has 0 aliphatic carbocycles. The molecule has 3 aromatic carbocycles. The van der Waals surface area contributed by atoms with E-state index in [0.29, 0.717) is 16.8 Å². The molecule has 0 bridgehead atoms. The summed E-state index contributed by atoms with van der Waals surface area (Å²) in [5.74, 6) is -2.74. The van der Waals surface area contributed by atoms with Gasteiger partial charge in [-0.15, -0.1) is 0 Å². The number of rotatable bonds is 6. The van der Waals surface area contributed by atoms with Crippen molar-refractivity contribution in [3.05, 3.63) is 99.4 Å². The Morgan fingerprint density at radius 2 is 1.79 bits per heavy atom. The van der Waals surface area contributed by atoms with Crippen LogP contribution in [0.5, 0.6) is 0 Å². The second-order valence-electron chi connectivity index (χ2n) is 9.26. The maximum absolute atomic E-state index is 15.1. The molecule has 7 nitrogen and oxygen atoms in total. The van der Waals surface area contributed by atoms with E-state index in [1.807, 2.05) is 24.3 Å². The molecule has 6 rings (SSSR count). The number of nitrogens with one attached hydrogen (secondary N) is 1. The molecule has 2 aliphatic heterocycles. The quantitative estimate of drug-likeness (QED) is 0.327. The molecule has 1 saturated heterocycles. The molecule has 1 aromatic heterocycles. The molecule has 1 fully saturated rings. The maximum atomic E-state index is 15.1. The van der Waals surface area contributed by atoms with Crippen molar-refractivity contribution in [2.24, 2.45) is 0 Å². The monoisotopic (exact) mass is 596 g/mol. The average molecular weight is 597 g/mol. The number of hydrogen-bond acceptors (Lipinski definition) is 4. The van der Waals surface area contributed by atoms with Gasteiger partial charge >= 0.3 is 0 Å². The molecular weight excluding hydrogens is 577 g/mol. The maximum Gasteiger partial charge on any atom is 0.250 e. The van der Waals surface area contributed by atoms with Crippen LogP contribution in [-0.2, 0) is 27.2 Å². The fraction of sp³-hybridized carbons (Fsp3) is 0.179. The fourth-order valence-corrected chi connectivity index (χ4v) is 5.15. The van der Waals surface area contributed by atoms with Gasteiger partial charge in [0.05, 0.1) is 17.8 Å². The summed E-state index contributed by atoms with van der Waals surface area (Å²) >= 11 is 3.41. The Bertz CT molecular complexity index is 1610. The number of hydrogen-bond donors (Lipinski definition) is 1. The highest BCUT2D eigenvalue weighted by atomic mass is 79.9. The van der Waals surface area contributed by atoms with E-state index in [1.165, 1.54) is 17.0 Å². The van der Waals surface area contributed by atoms with Gasteiger partial charge in [-0.2, -0.15) is 5.10 Å². The molecule has 11 heteroatoms. The number of fused-ring (bicyclic) bond motifs is 1. The predicted molar refractivity (Wildman–Crippen MR) is 139 cm³/mol. The lowest BCUT2D eigenvalue weighted by Crippen LogP contribution is -2.31. The number of ether oxygens (including phenoxy) is 1. The summed E-state index contributed by atoms with van der Waals surface area (Å²) in [6.45, 7) is -0.256. The Kier molecular flexibility index (Phi) is 6.48. The number of anilines is 1. The standard InChI is InChI=1S/C28H20BrF3N4O3/c29-16-3-7-18(8-4-16)36-13-21(27(34-36)15-1-5-17(30)6-2-15)28-35(25(38)14-39-28)10-9-19-22(31)12-23-20(26(19)32)11-24(37)33-23/h1-8,12-13,28H,9-11,14H2,(H,33,37). The summed E-state index contributed by atoms with van der Waals surface area (Å²) in [7, 11) is 0. The van der Waals surface area contributed by atoms with E-state index in [-0.39, 0.29) is 48.7 Å². The lowest BCUT2D eigenvalue weighted by Gasteiger charge is -2.23. The molecule has 1 unspecified atom stereocenters. The van der Waals surface area contributed by atoms with Gasteiger partial charge in [-0.1, -0.05) is 15.9 Å². The molecule has 3 heterocycles. The number of carbonyl (C=O) groups excluding carboxylic acids is 2. The summed E-state index contributed by atoms with van der Waals surface area (Å²) in [5, 5.41) is 7.15. The van der Waals surface area contributed by atoms with Crippen LogP contribution < -0.4 is 5.32 Å². The minimum absolute atomic E-state index is 0.0379. The zero-order valence-corrected chi connectivity index (χ0v) is 21.8. The van der Waals surface area contributed by atoms with Crippen LogP contribution in [0.3, 0.4) is 0 Å². The Balaban J connectivity index is 1.35. The number of aromatic nitrogens is 2. The van der Waals surface area contributed by atoms with Gasteiger partial charge in [0, 0.05) is 39.5 Å². The van der Waals surface area contributed by atoms with Crippen LogP contribution in [0.2, 0.25) is 0 Å². The van der Waals surface area contributed by atoms with Crippen molar-refractivity contribution in [1.29, 1.82) is 0 Å². The molecular formula is C28H20BrF3N4O3. The van der Waals surface area contributed by atoms with Gasteiger partial charge in [0.1, 0.15) is 29.8 Å². The van der Waals surface area contributed by atoms with Crippen molar-refractivity contribution < 1.29 is 27.5 Å². The highest BCUT2D eigenvalue weighted by Crippen LogP contribution is 2.36. The molecule has 39 heavy (non-hydrogen) atoms. The predicted octanol–water partition coefficient (Wildman–Crippen LogP) is 5.31. The number of halogens is 4. The van der Waals surface area contributed by atoms with Crippen molar-refractivity contribution in [3.8, 4) is 16.9 Å². The summed E-state index contributed by atoms with van der Waals surface area (Å²) in [6.07, 6.45) is 0.549. The largest absolute Gasteiger partial charge is 0.344 e. The van der Waals surface area contributed by atoms with E-state index in [4.69, 9.17) is 9.84 Å². The molecule has 1 atom stereocenters. The minimum Gasteiger partial charge on any atom is -0.344 e. The summed E-state index contributed by atoms with van der Waals surface area (Å²) in [5.41, 5.74) is 2.41. The van der Waals surface area contributed by atoms with Crippen LogP contribution in [0.4, 0.5) is 18.9 Å². The third-order valence-electron chi connectivity index (χ3n) is 6.81. The second-order valence-corrected chi connectivity index (χ2v) is 10.2.